The second kappa shape index (κ2) is 4.76. The molecule has 0 saturated heterocycles. The zero-order valence-electron chi connectivity index (χ0n) is 10.6. The molecule has 1 atom stereocenters. The van der Waals surface area contributed by atoms with Gasteiger partial charge in [0.15, 0.2) is 0 Å². The molecule has 0 spiro atoms. The van der Waals surface area contributed by atoms with Gasteiger partial charge in [0, 0.05) is 5.56 Å². The Morgan fingerprint density at radius 2 is 2.19 bits per heavy atom. The molecule has 1 aliphatic heterocycles. The Bertz CT molecular complexity index is 851. The number of aromatic amines is 1. The molecule has 3 N–H and O–H groups in total. The highest BCUT2D eigenvalue weighted by Gasteiger charge is 2.35. The summed E-state index contributed by atoms with van der Waals surface area (Å²) in [7, 11) is 0. The molecule has 0 bridgehead atoms. The Hall–Kier alpha value is -3.14. The van der Waals surface area contributed by atoms with Gasteiger partial charge in [-0.3, -0.25) is 4.79 Å². The van der Waals surface area contributed by atoms with Gasteiger partial charge in [0.25, 0.3) is 5.56 Å². The van der Waals surface area contributed by atoms with Crippen molar-refractivity contribution in [2.45, 2.75) is 5.92 Å². The van der Waals surface area contributed by atoms with Crippen LogP contribution in [0.4, 0.5) is 4.39 Å². The summed E-state index contributed by atoms with van der Waals surface area (Å²) >= 11 is 0. The van der Waals surface area contributed by atoms with Crippen LogP contribution in [-0.2, 0) is 0 Å². The largest absolute Gasteiger partial charge is 0.422 e. The second-order valence-corrected chi connectivity index (χ2v) is 4.40. The van der Waals surface area contributed by atoms with Crippen LogP contribution < -0.4 is 16.0 Å². The highest BCUT2D eigenvalue weighted by atomic mass is 19.1. The molecule has 1 aromatic carbocycles. The van der Waals surface area contributed by atoms with Crippen molar-refractivity contribution < 1.29 is 9.13 Å². The molecule has 0 aliphatic carbocycles. The van der Waals surface area contributed by atoms with Crippen molar-refractivity contribution in [2.75, 3.05) is 0 Å². The van der Waals surface area contributed by atoms with Gasteiger partial charge in [-0.1, -0.05) is 18.2 Å². The van der Waals surface area contributed by atoms with E-state index in [2.05, 4.69) is 9.97 Å². The summed E-state index contributed by atoms with van der Waals surface area (Å²) in [6.45, 7) is 0. The van der Waals surface area contributed by atoms with Crippen molar-refractivity contribution in [1.29, 1.82) is 5.26 Å². The summed E-state index contributed by atoms with van der Waals surface area (Å²) in [5, 5.41) is 9.28. The number of allylic oxidation sites excluding steroid dienone is 1. The number of aromatic nitrogens is 2. The molecule has 21 heavy (non-hydrogen) atoms. The number of ether oxygens (including phenoxy) is 1. The van der Waals surface area contributed by atoms with E-state index in [4.69, 9.17) is 10.5 Å². The lowest BCUT2D eigenvalue weighted by Crippen LogP contribution is -2.28. The van der Waals surface area contributed by atoms with E-state index in [0.717, 1.165) is 6.33 Å². The number of nitriles is 1. The zero-order chi connectivity index (χ0) is 15.0. The summed E-state index contributed by atoms with van der Waals surface area (Å²) in [5.74, 6) is -1.70. The van der Waals surface area contributed by atoms with Crippen LogP contribution in [0, 0.1) is 17.1 Å². The first-order chi connectivity index (χ1) is 10.1. The lowest BCUT2D eigenvalue weighted by Gasteiger charge is -2.24. The van der Waals surface area contributed by atoms with Crippen LogP contribution in [0.5, 0.6) is 5.88 Å². The van der Waals surface area contributed by atoms with E-state index in [1.807, 2.05) is 6.07 Å². The SMILES string of the molecule is N#CC1=C(N)Oc2nc[nH]c(=O)c2C1c1ccccc1F. The van der Waals surface area contributed by atoms with Crippen molar-refractivity contribution in [3.05, 3.63) is 69.3 Å². The highest BCUT2D eigenvalue weighted by Crippen LogP contribution is 2.39. The van der Waals surface area contributed by atoms with Crippen molar-refractivity contribution in [1.82, 2.24) is 9.97 Å². The van der Waals surface area contributed by atoms with Gasteiger partial charge in [-0.05, 0) is 6.07 Å². The summed E-state index contributed by atoms with van der Waals surface area (Å²) in [6.07, 6.45) is 1.16. The molecule has 1 aliphatic rings. The summed E-state index contributed by atoms with van der Waals surface area (Å²) in [5.41, 5.74) is 5.39. The van der Waals surface area contributed by atoms with Crippen LogP contribution in [0.2, 0.25) is 0 Å². The van der Waals surface area contributed by atoms with Crippen LogP contribution in [0.15, 0.2) is 46.8 Å². The van der Waals surface area contributed by atoms with Crippen molar-refractivity contribution in [2.24, 2.45) is 5.73 Å². The number of rotatable bonds is 1. The lowest BCUT2D eigenvalue weighted by atomic mass is 9.85. The Morgan fingerprint density at radius 1 is 1.43 bits per heavy atom. The number of nitrogens with two attached hydrogens (primary N) is 1. The first-order valence-electron chi connectivity index (χ1n) is 6.03. The lowest BCUT2D eigenvalue weighted by molar-refractivity contribution is 0.374. The molecule has 0 amide bonds. The Kier molecular flexibility index (Phi) is 2.92. The quantitative estimate of drug-likeness (QED) is 0.816. The van der Waals surface area contributed by atoms with E-state index < -0.39 is 17.3 Å². The van der Waals surface area contributed by atoms with Gasteiger partial charge in [0.2, 0.25) is 11.8 Å². The van der Waals surface area contributed by atoms with Gasteiger partial charge < -0.3 is 15.5 Å². The zero-order valence-corrected chi connectivity index (χ0v) is 10.6. The molecular weight excluding hydrogens is 275 g/mol. The summed E-state index contributed by atoms with van der Waals surface area (Å²) in [6, 6.07) is 7.76. The topological polar surface area (TPSA) is 105 Å². The van der Waals surface area contributed by atoms with Gasteiger partial charge in [-0.2, -0.15) is 5.26 Å². The average Bonchev–Trinajstić information content (AvgIpc) is 2.47. The Balaban J connectivity index is 2.34. The van der Waals surface area contributed by atoms with Crippen molar-refractivity contribution in [3.63, 3.8) is 0 Å². The number of hydrogen-bond acceptors (Lipinski definition) is 5. The summed E-state index contributed by atoms with van der Waals surface area (Å²) < 4.78 is 19.3. The maximum Gasteiger partial charge on any atom is 0.258 e. The van der Waals surface area contributed by atoms with Crippen LogP contribution in [0.25, 0.3) is 0 Å². The van der Waals surface area contributed by atoms with Crippen molar-refractivity contribution in [3.8, 4) is 11.9 Å². The molecule has 1 unspecified atom stereocenters. The molecule has 7 heteroatoms. The fraction of sp³-hybridized carbons (Fsp3) is 0.0714. The minimum Gasteiger partial charge on any atom is -0.422 e. The van der Waals surface area contributed by atoms with E-state index in [0.29, 0.717) is 0 Å². The number of nitrogens with zero attached hydrogens (tertiary/aromatic N) is 2. The predicted molar refractivity (Wildman–Crippen MR) is 70.6 cm³/mol. The van der Waals surface area contributed by atoms with E-state index in [1.54, 1.807) is 6.07 Å². The standard InChI is InChI=1S/C14H9FN4O2/c15-9-4-2-1-3-7(9)10-8(5-16)12(17)21-14-11(10)13(20)18-6-19-14/h1-4,6,10H,17H2,(H,18,19,20). The predicted octanol–water partition coefficient (Wildman–Crippen LogP) is 1.13. The number of fused-ring (bicyclic) bond motifs is 1. The van der Waals surface area contributed by atoms with E-state index >= 15 is 0 Å². The third-order valence-electron chi connectivity index (χ3n) is 3.24. The normalized spacial score (nSPS) is 16.9. The van der Waals surface area contributed by atoms with Crippen LogP contribution in [0.3, 0.4) is 0 Å². The van der Waals surface area contributed by atoms with Gasteiger partial charge in [0.05, 0.1) is 17.8 Å². The molecule has 0 saturated carbocycles. The van der Waals surface area contributed by atoms with Gasteiger partial charge in [-0.25, -0.2) is 9.37 Å². The highest BCUT2D eigenvalue weighted by molar-refractivity contribution is 5.52. The number of hydrogen-bond donors (Lipinski definition) is 2. The average molecular weight is 284 g/mol. The summed E-state index contributed by atoms with van der Waals surface area (Å²) in [4.78, 5) is 18.3. The molecule has 3 rings (SSSR count). The van der Waals surface area contributed by atoms with Crippen LogP contribution in [-0.4, -0.2) is 9.97 Å². The Morgan fingerprint density at radius 3 is 2.90 bits per heavy atom. The van der Waals surface area contributed by atoms with E-state index in [-0.39, 0.29) is 28.5 Å². The fourth-order valence-corrected chi connectivity index (χ4v) is 2.32. The minimum absolute atomic E-state index is 0.0221. The first-order valence-corrected chi connectivity index (χ1v) is 6.03. The fourth-order valence-electron chi connectivity index (χ4n) is 2.32. The van der Waals surface area contributed by atoms with Gasteiger partial charge in [0.1, 0.15) is 17.5 Å². The number of nitrogens with one attached hydrogen (secondary N) is 1. The van der Waals surface area contributed by atoms with Crippen LogP contribution in [0.1, 0.15) is 17.0 Å². The van der Waals surface area contributed by atoms with E-state index in [9.17, 15) is 14.4 Å². The maximum absolute atomic E-state index is 14.1. The third-order valence-corrected chi connectivity index (χ3v) is 3.24. The van der Waals surface area contributed by atoms with Crippen molar-refractivity contribution >= 4 is 0 Å². The Labute approximate surface area is 118 Å². The minimum atomic E-state index is -0.947. The molecule has 6 nitrogen and oxygen atoms in total. The molecule has 0 radical (unpaired) electrons. The number of H-pyrrole nitrogens is 1. The van der Waals surface area contributed by atoms with Gasteiger partial charge >= 0.3 is 0 Å². The smallest absolute Gasteiger partial charge is 0.258 e. The molecular formula is C14H9FN4O2. The molecule has 104 valence electrons. The maximum atomic E-state index is 14.1. The monoisotopic (exact) mass is 284 g/mol. The molecule has 0 fully saturated rings. The van der Waals surface area contributed by atoms with E-state index in [1.165, 1.54) is 18.2 Å². The molecule has 2 heterocycles. The third kappa shape index (κ3) is 1.94. The molecule has 1 aromatic heterocycles. The number of halogens is 1. The second-order valence-electron chi connectivity index (χ2n) is 4.40. The van der Waals surface area contributed by atoms with Gasteiger partial charge in [-0.15, -0.1) is 0 Å². The molecule has 2 aromatic rings. The van der Waals surface area contributed by atoms with Crippen LogP contribution >= 0.6 is 0 Å². The number of benzene rings is 1. The first kappa shape index (κ1) is 12.9.